The molecule has 4 bridgehead atoms. The first-order valence-corrected chi connectivity index (χ1v) is 25.0. The van der Waals surface area contributed by atoms with Gasteiger partial charge >= 0.3 is 6.18 Å². The predicted octanol–water partition coefficient (Wildman–Crippen LogP) is 11.7. The van der Waals surface area contributed by atoms with Gasteiger partial charge in [0.2, 0.25) is 0 Å². The van der Waals surface area contributed by atoms with Gasteiger partial charge in [-0.25, -0.2) is 15.0 Å². The van der Waals surface area contributed by atoms with Crippen molar-refractivity contribution in [2.45, 2.75) is 98.7 Å². The lowest BCUT2D eigenvalue weighted by molar-refractivity contribution is -0.123. The lowest BCUT2D eigenvalue weighted by Gasteiger charge is -2.54. The van der Waals surface area contributed by atoms with Gasteiger partial charge in [0.15, 0.2) is 0 Å². The van der Waals surface area contributed by atoms with E-state index in [1.165, 1.54) is 32.1 Å². The zero-order valence-electron chi connectivity index (χ0n) is 41.4. The van der Waals surface area contributed by atoms with Crippen LogP contribution in [-0.4, -0.2) is 65.1 Å². The summed E-state index contributed by atoms with van der Waals surface area (Å²) in [5, 5.41) is 8.61. The number of carbonyl (C=O) groups excluding carboxylic acids is 3. The number of nitrogens with zero attached hydrogens (tertiary/aromatic N) is 6. The summed E-state index contributed by atoms with van der Waals surface area (Å²) >= 11 is 6.12. The third kappa shape index (κ3) is 11.4. The summed E-state index contributed by atoms with van der Waals surface area (Å²) in [6.45, 7) is 9.99. The molecule has 11 rings (SSSR count). The Morgan fingerprint density at radius 2 is 0.986 bits per heavy atom. The molecule has 3 heterocycles. The van der Waals surface area contributed by atoms with Crippen molar-refractivity contribution in [3.8, 4) is 17.1 Å². The molecule has 72 heavy (non-hydrogen) atoms. The fraction of sp³-hybridized carbons (Fsp3) is 0.357. The van der Waals surface area contributed by atoms with Gasteiger partial charge in [-0.15, -0.1) is 0 Å². The van der Waals surface area contributed by atoms with Crippen molar-refractivity contribution in [3.05, 3.63) is 172 Å². The van der Waals surface area contributed by atoms with E-state index in [2.05, 4.69) is 44.2 Å². The average Bonchev–Trinajstić information content (AvgIpc) is 4.01. The molecule has 0 atom stereocenters. The monoisotopic (exact) mass is 999 g/mol. The Kier molecular flexibility index (Phi) is 15.8. The van der Waals surface area contributed by atoms with Crippen molar-refractivity contribution in [2.24, 2.45) is 23.7 Å². The van der Waals surface area contributed by atoms with E-state index in [0.29, 0.717) is 57.9 Å². The van der Waals surface area contributed by atoms with Gasteiger partial charge in [-0.2, -0.15) is 13.2 Å². The smallest absolute Gasteiger partial charge is 0.347 e. The fourth-order valence-electron chi connectivity index (χ4n) is 11.2. The molecule has 0 spiro atoms. The van der Waals surface area contributed by atoms with E-state index < -0.39 is 18.6 Å². The van der Waals surface area contributed by atoms with Crippen LogP contribution in [0.15, 0.2) is 115 Å². The summed E-state index contributed by atoms with van der Waals surface area (Å²) in [6.07, 6.45) is 3.74. The van der Waals surface area contributed by atoms with Gasteiger partial charge in [0, 0.05) is 23.1 Å². The van der Waals surface area contributed by atoms with Crippen molar-refractivity contribution >= 4 is 35.0 Å². The second kappa shape index (κ2) is 22.2. The maximum atomic E-state index is 13.2. The summed E-state index contributed by atoms with van der Waals surface area (Å²) in [6, 6.07) is 36.8. The molecule has 3 amide bonds. The molecule has 0 saturated heterocycles. The lowest BCUT2D eigenvalue weighted by atomic mass is 9.54. The number of benzene rings is 4. The molecular formula is C56H61ClF3N9O3. The second-order valence-electron chi connectivity index (χ2n) is 18.9. The van der Waals surface area contributed by atoms with Gasteiger partial charge in [-0.1, -0.05) is 92.2 Å². The molecule has 0 radical (unpaired) electrons. The van der Waals surface area contributed by atoms with Crippen LogP contribution in [0, 0.1) is 51.4 Å². The molecule has 3 N–H and O–H groups in total. The molecule has 7 aromatic rings. The first-order valence-electron chi connectivity index (χ1n) is 24.6. The second-order valence-corrected chi connectivity index (χ2v) is 19.3. The fourth-order valence-corrected chi connectivity index (χ4v) is 11.4. The normalized spacial score (nSPS) is 18.6. The number of rotatable bonds is 11. The number of nitrogens with one attached hydrogen (secondary N) is 3. The average molecular weight is 1000 g/mol. The molecule has 16 heteroatoms. The molecule has 376 valence electrons. The van der Waals surface area contributed by atoms with Gasteiger partial charge in [0.25, 0.3) is 17.7 Å². The molecule has 4 aromatic carbocycles. The lowest BCUT2D eigenvalue weighted by Crippen LogP contribution is -2.55. The summed E-state index contributed by atoms with van der Waals surface area (Å²) in [4.78, 5) is 51.0. The van der Waals surface area contributed by atoms with Gasteiger partial charge in [-0.05, 0) is 145 Å². The van der Waals surface area contributed by atoms with E-state index >= 15 is 0 Å². The number of para-hydroxylation sites is 4. The van der Waals surface area contributed by atoms with Crippen LogP contribution in [0.1, 0.15) is 112 Å². The number of alkyl halides is 3. The highest BCUT2D eigenvalue weighted by Gasteiger charge is 2.49. The Balaban J connectivity index is 0.000000146. The number of halogens is 4. The zero-order valence-corrected chi connectivity index (χ0v) is 42.2. The SMILES string of the molecule is CCc1c(C(=O)NC2C3CC4CC(C3)CC2C4)nc(C)n1-c1ccccc1.CCc1c(C(=O)Nc2ccccc2Cl)nc(C)n1-c1ccccc1.Cc1nc(C(=O)NCC(F)(F)F)c(C)n1-c1ccccc1. The van der Waals surface area contributed by atoms with E-state index in [4.69, 9.17) is 16.6 Å². The number of hydrogen-bond donors (Lipinski definition) is 3. The first-order chi connectivity index (χ1) is 34.5. The van der Waals surface area contributed by atoms with Crippen LogP contribution in [0.2, 0.25) is 5.02 Å². The Morgan fingerprint density at radius 3 is 1.44 bits per heavy atom. The van der Waals surface area contributed by atoms with Gasteiger partial charge in [0.05, 0.1) is 27.8 Å². The van der Waals surface area contributed by atoms with E-state index in [1.54, 1.807) is 30.5 Å². The molecule has 3 aromatic heterocycles. The number of amides is 3. The minimum Gasteiger partial charge on any atom is -0.347 e. The molecule has 4 saturated carbocycles. The largest absolute Gasteiger partial charge is 0.405 e. The van der Waals surface area contributed by atoms with Crippen molar-refractivity contribution in [2.75, 3.05) is 11.9 Å². The van der Waals surface area contributed by atoms with Crippen LogP contribution in [-0.2, 0) is 12.8 Å². The highest BCUT2D eigenvalue weighted by Crippen LogP contribution is 2.53. The quantitative estimate of drug-likeness (QED) is 0.118. The van der Waals surface area contributed by atoms with Crippen LogP contribution >= 0.6 is 11.6 Å². The molecule has 0 aliphatic heterocycles. The Hall–Kier alpha value is -7.00. The highest BCUT2D eigenvalue weighted by molar-refractivity contribution is 6.33. The van der Waals surface area contributed by atoms with Crippen molar-refractivity contribution < 1.29 is 27.6 Å². The van der Waals surface area contributed by atoms with E-state index in [-0.39, 0.29) is 17.5 Å². The standard InChI is InChI=1S/C23H29N3O.C19H18ClN3O.C14H14F3N3O/c1-3-20-22(24-14(2)26(20)19-7-5-4-6-8-19)23(27)25-21-17-10-15-9-16(12-17)13-18(21)11-15;1-3-17-18(19(24)22-16-12-8-7-11-15(16)20)21-13(2)23(17)14-9-5-4-6-10-14;1-9-12(13(21)18-8-14(15,16)17)19-10(2)20(9)11-6-4-3-5-7-11/h4-8,15-18,21H,3,9-13H2,1-2H3,(H,25,27);4-12H,3H2,1-2H3,(H,22,24);3-7H,8H2,1-2H3,(H,18,21). The summed E-state index contributed by atoms with van der Waals surface area (Å²) < 4.78 is 42.3. The van der Waals surface area contributed by atoms with Crippen LogP contribution < -0.4 is 16.0 Å². The zero-order chi connectivity index (χ0) is 51.3. The highest BCUT2D eigenvalue weighted by atomic mass is 35.5. The topological polar surface area (TPSA) is 141 Å². The maximum absolute atomic E-state index is 13.2. The van der Waals surface area contributed by atoms with Crippen LogP contribution in [0.4, 0.5) is 18.9 Å². The third-order valence-corrected chi connectivity index (χ3v) is 14.3. The number of carbonyl (C=O) groups is 3. The summed E-state index contributed by atoms with van der Waals surface area (Å²) in [5.41, 5.74) is 6.89. The Labute approximate surface area is 423 Å². The molecule has 4 aliphatic carbocycles. The molecule has 0 unspecified atom stereocenters. The summed E-state index contributed by atoms with van der Waals surface area (Å²) in [7, 11) is 0. The van der Waals surface area contributed by atoms with Crippen LogP contribution in [0.25, 0.3) is 17.1 Å². The van der Waals surface area contributed by atoms with Crippen molar-refractivity contribution in [1.29, 1.82) is 0 Å². The number of aryl methyl sites for hydroxylation is 3. The van der Waals surface area contributed by atoms with Gasteiger partial charge in [-0.3, -0.25) is 14.4 Å². The number of anilines is 1. The number of hydrogen-bond acceptors (Lipinski definition) is 6. The molecular weight excluding hydrogens is 939 g/mol. The molecule has 4 aliphatic rings. The molecule has 4 fully saturated rings. The first kappa shape index (κ1) is 51.4. The molecule has 12 nitrogen and oxygen atoms in total. The number of aromatic nitrogens is 6. The van der Waals surface area contributed by atoms with E-state index in [1.807, 2.05) is 122 Å². The maximum Gasteiger partial charge on any atom is 0.405 e. The number of imidazole rings is 3. The Morgan fingerprint density at radius 1 is 0.569 bits per heavy atom. The van der Waals surface area contributed by atoms with Gasteiger partial charge < -0.3 is 29.7 Å². The minimum absolute atomic E-state index is 0.000558. The van der Waals surface area contributed by atoms with Gasteiger partial charge in [0.1, 0.15) is 41.1 Å². The van der Waals surface area contributed by atoms with E-state index in [9.17, 15) is 27.6 Å². The van der Waals surface area contributed by atoms with Crippen molar-refractivity contribution in [1.82, 2.24) is 39.3 Å². The summed E-state index contributed by atoms with van der Waals surface area (Å²) in [5.74, 6) is 4.37. The van der Waals surface area contributed by atoms with Crippen LogP contribution in [0.3, 0.4) is 0 Å². The minimum atomic E-state index is -4.44. The van der Waals surface area contributed by atoms with E-state index in [0.717, 1.165) is 58.4 Å². The predicted molar refractivity (Wildman–Crippen MR) is 274 cm³/mol. The Bertz CT molecular complexity index is 2990. The third-order valence-electron chi connectivity index (χ3n) is 14.0. The van der Waals surface area contributed by atoms with Crippen molar-refractivity contribution in [3.63, 3.8) is 0 Å². The van der Waals surface area contributed by atoms with Crippen LogP contribution in [0.5, 0.6) is 0 Å².